The predicted molar refractivity (Wildman–Crippen MR) is 65.1 cm³/mol. The van der Waals surface area contributed by atoms with Crippen molar-refractivity contribution in [3.8, 4) is 6.07 Å². The minimum atomic E-state index is -0.450. The first-order chi connectivity index (χ1) is 8.13. The van der Waals surface area contributed by atoms with Crippen molar-refractivity contribution in [1.29, 1.82) is 5.26 Å². The molecule has 4 heteroatoms. The number of hydrogen-bond donors (Lipinski definition) is 1. The predicted octanol–water partition coefficient (Wildman–Crippen LogP) is 1.87. The molecule has 2 rings (SSSR count). The van der Waals surface area contributed by atoms with Gasteiger partial charge in [0.05, 0.1) is 5.69 Å². The molecule has 1 saturated heterocycles. The molecule has 1 aromatic carbocycles. The van der Waals surface area contributed by atoms with Crippen LogP contribution in [0.2, 0.25) is 0 Å². The van der Waals surface area contributed by atoms with Gasteiger partial charge in [-0.3, -0.25) is 0 Å². The normalized spacial score (nSPS) is 21.3. The van der Waals surface area contributed by atoms with E-state index in [4.69, 9.17) is 11.0 Å². The highest BCUT2D eigenvalue weighted by Crippen LogP contribution is 2.28. The molecule has 2 N–H and O–H groups in total. The summed E-state index contributed by atoms with van der Waals surface area (Å²) in [4.78, 5) is 2.05. The summed E-state index contributed by atoms with van der Waals surface area (Å²) in [6.07, 6.45) is 0.999. The average molecular weight is 233 g/mol. The molecule has 1 aliphatic heterocycles. The first-order valence-corrected chi connectivity index (χ1v) is 5.82. The number of anilines is 1. The number of hydrogen-bond acceptors (Lipinski definition) is 3. The molecule has 0 bridgehead atoms. The second-order valence-electron chi connectivity index (χ2n) is 4.60. The Morgan fingerprint density at radius 2 is 2.35 bits per heavy atom. The molecule has 2 atom stereocenters. The van der Waals surface area contributed by atoms with Gasteiger partial charge in [0.1, 0.15) is 17.4 Å². The van der Waals surface area contributed by atoms with Gasteiger partial charge >= 0.3 is 0 Å². The van der Waals surface area contributed by atoms with Crippen molar-refractivity contribution < 1.29 is 4.39 Å². The van der Waals surface area contributed by atoms with Crippen molar-refractivity contribution in [1.82, 2.24) is 0 Å². The van der Waals surface area contributed by atoms with Gasteiger partial charge in [-0.1, -0.05) is 6.07 Å². The fourth-order valence-electron chi connectivity index (χ4n) is 2.32. The molecule has 0 saturated carbocycles. The van der Waals surface area contributed by atoms with Gasteiger partial charge < -0.3 is 10.6 Å². The SMILES string of the molecule is CC(N)C1CCN(c2cccc(F)c2C#N)C1. The molecule has 0 spiro atoms. The van der Waals surface area contributed by atoms with E-state index in [9.17, 15) is 4.39 Å². The van der Waals surface area contributed by atoms with E-state index in [1.807, 2.05) is 13.0 Å². The number of nitrogens with zero attached hydrogens (tertiary/aromatic N) is 2. The third kappa shape index (κ3) is 2.25. The molecule has 0 amide bonds. The molecule has 90 valence electrons. The molecule has 1 aliphatic rings. The lowest BCUT2D eigenvalue weighted by Gasteiger charge is -2.21. The Bertz CT molecular complexity index is 450. The number of nitrogens with two attached hydrogens (primary N) is 1. The fraction of sp³-hybridized carbons (Fsp3) is 0.462. The minimum Gasteiger partial charge on any atom is -0.370 e. The van der Waals surface area contributed by atoms with Crippen LogP contribution in [0.4, 0.5) is 10.1 Å². The van der Waals surface area contributed by atoms with E-state index in [1.165, 1.54) is 6.07 Å². The zero-order valence-corrected chi connectivity index (χ0v) is 9.86. The Morgan fingerprint density at radius 3 is 2.94 bits per heavy atom. The van der Waals surface area contributed by atoms with Gasteiger partial charge in [-0.25, -0.2) is 4.39 Å². The standard InChI is InChI=1S/C13H16FN3/c1-9(16)10-5-6-17(8-10)13-4-2-3-12(14)11(13)7-15/h2-4,9-10H,5-6,8,16H2,1H3. The van der Waals surface area contributed by atoms with E-state index in [2.05, 4.69) is 4.90 Å². The fourth-order valence-corrected chi connectivity index (χ4v) is 2.32. The van der Waals surface area contributed by atoms with E-state index in [0.29, 0.717) is 11.6 Å². The molecule has 0 aliphatic carbocycles. The van der Waals surface area contributed by atoms with Crippen LogP contribution < -0.4 is 10.6 Å². The van der Waals surface area contributed by atoms with E-state index in [0.717, 1.165) is 19.5 Å². The maximum absolute atomic E-state index is 13.5. The summed E-state index contributed by atoms with van der Waals surface area (Å²) >= 11 is 0. The van der Waals surface area contributed by atoms with Crippen molar-refractivity contribution in [2.24, 2.45) is 11.7 Å². The van der Waals surface area contributed by atoms with Crippen LogP contribution in [0.3, 0.4) is 0 Å². The highest BCUT2D eigenvalue weighted by molar-refractivity contribution is 5.60. The Kier molecular flexibility index (Phi) is 3.30. The van der Waals surface area contributed by atoms with Crippen molar-refractivity contribution in [2.45, 2.75) is 19.4 Å². The van der Waals surface area contributed by atoms with Crippen LogP contribution in [0.1, 0.15) is 18.9 Å². The third-order valence-corrected chi connectivity index (χ3v) is 3.41. The summed E-state index contributed by atoms with van der Waals surface area (Å²) in [5, 5.41) is 8.99. The van der Waals surface area contributed by atoms with Crippen molar-refractivity contribution in [2.75, 3.05) is 18.0 Å². The highest BCUT2D eigenvalue weighted by Gasteiger charge is 2.27. The van der Waals surface area contributed by atoms with Crippen LogP contribution in [0.25, 0.3) is 0 Å². The average Bonchev–Trinajstić information content (AvgIpc) is 2.77. The van der Waals surface area contributed by atoms with Crippen LogP contribution in [-0.2, 0) is 0 Å². The van der Waals surface area contributed by atoms with Crippen LogP contribution in [0.15, 0.2) is 18.2 Å². The molecule has 1 aromatic rings. The maximum Gasteiger partial charge on any atom is 0.143 e. The minimum absolute atomic E-state index is 0.137. The van der Waals surface area contributed by atoms with Crippen LogP contribution >= 0.6 is 0 Å². The smallest absolute Gasteiger partial charge is 0.143 e. The van der Waals surface area contributed by atoms with Gasteiger partial charge in [-0.2, -0.15) is 5.26 Å². The van der Waals surface area contributed by atoms with Crippen LogP contribution in [0.5, 0.6) is 0 Å². The summed E-state index contributed by atoms with van der Waals surface area (Å²) in [5.41, 5.74) is 6.70. The topological polar surface area (TPSA) is 53.0 Å². The third-order valence-electron chi connectivity index (χ3n) is 3.41. The van der Waals surface area contributed by atoms with E-state index in [1.54, 1.807) is 12.1 Å². The monoisotopic (exact) mass is 233 g/mol. The largest absolute Gasteiger partial charge is 0.370 e. The van der Waals surface area contributed by atoms with Gasteiger partial charge in [-0.05, 0) is 31.4 Å². The number of benzene rings is 1. The number of rotatable bonds is 2. The first kappa shape index (κ1) is 11.9. The molecule has 2 unspecified atom stereocenters. The van der Waals surface area contributed by atoms with Gasteiger partial charge in [0.25, 0.3) is 0 Å². The van der Waals surface area contributed by atoms with Gasteiger partial charge in [0.2, 0.25) is 0 Å². The lowest BCUT2D eigenvalue weighted by molar-refractivity contribution is 0.488. The molecule has 1 heterocycles. The Balaban J connectivity index is 2.25. The van der Waals surface area contributed by atoms with Gasteiger partial charge in [0, 0.05) is 19.1 Å². The van der Waals surface area contributed by atoms with E-state index in [-0.39, 0.29) is 11.6 Å². The Morgan fingerprint density at radius 1 is 1.59 bits per heavy atom. The lowest BCUT2D eigenvalue weighted by Crippen LogP contribution is -2.30. The van der Waals surface area contributed by atoms with Gasteiger partial charge in [0.15, 0.2) is 0 Å². The van der Waals surface area contributed by atoms with Crippen molar-refractivity contribution >= 4 is 5.69 Å². The summed E-state index contributed by atoms with van der Waals surface area (Å²) < 4.78 is 13.5. The Hall–Kier alpha value is -1.60. The molecule has 3 nitrogen and oxygen atoms in total. The summed E-state index contributed by atoms with van der Waals surface area (Å²) in [5.74, 6) is -0.0287. The molecule has 0 aromatic heterocycles. The zero-order valence-electron chi connectivity index (χ0n) is 9.86. The summed E-state index contributed by atoms with van der Waals surface area (Å²) in [7, 11) is 0. The maximum atomic E-state index is 13.5. The molecule has 17 heavy (non-hydrogen) atoms. The lowest BCUT2D eigenvalue weighted by atomic mass is 10.0. The quantitative estimate of drug-likeness (QED) is 0.848. The van der Waals surface area contributed by atoms with Crippen molar-refractivity contribution in [3.05, 3.63) is 29.6 Å². The van der Waals surface area contributed by atoms with Crippen LogP contribution in [0, 0.1) is 23.1 Å². The van der Waals surface area contributed by atoms with E-state index < -0.39 is 5.82 Å². The van der Waals surface area contributed by atoms with Gasteiger partial charge in [-0.15, -0.1) is 0 Å². The molecular formula is C13H16FN3. The zero-order chi connectivity index (χ0) is 12.4. The second-order valence-corrected chi connectivity index (χ2v) is 4.60. The second kappa shape index (κ2) is 4.72. The number of nitriles is 1. The first-order valence-electron chi connectivity index (χ1n) is 5.82. The molecular weight excluding hydrogens is 217 g/mol. The highest BCUT2D eigenvalue weighted by atomic mass is 19.1. The van der Waals surface area contributed by atoms with Crippen LogP contribution in [-0.4, -0.2) is 19.1 Å². The van der Waals surface area contributed by atoms with E-state index >= 15 is 0 Å². The summed E-state index contributed by atoms with van der Waals surface area (Å²) in [6, 6.07) is 6.84. The molecule has 0 radical (unpaired) electrons. The summed E-state index contributed by atoms with van der Waals surface area (Å²) in [6.45, 7) is 3.63. The molecule has 1 fully saturated rings. The van der Waals surface area contributed by atoms with Crippen molar-refractivity contribution in [3.63, 3.8) is 0 Å². The Labute approximate surface area is 101 Å². The number of halogens is 1.